The lowest BCUT2D eigenvalue weighted by Gasteiger charge is -2.48. The van der Waals surface area contributed by atoms with Crippen molar-refractivity contribution in [3.8, 4) is 6.07 Å². The molecule has 0 radical (unpaired) electrons. The van der Waals surface area contributed by atoms with E-state index < -0.39 is 11.0 Å². The number of hydrogen-bond donors (Lipinski definition) is 1. The summed E-state index contributed by atoms with van der Waals surface area (Å²) in [4.78, 5) is 0. The Morgan fingerprint density at radius 2 is 2.00 bits per heavy atom. The molecule has 2 nitrogen and oxygen atoms in total. The Morgan fingerprint density at radius 3 is 2.38 bits per heavy atom. The van der Waals surface area contributed by atoms with Crippen molar-refractivity contribution in [2.45, 2.75) is 38.2 Å². The van der Waals surface area contributed by atoms with Crippen molar-refractivity contribution in [2.75, 3.05) is 0 Å². The monoisotopic (exact) mass is 215 g/mol. The molecule has 1 aliphatic carbocycles. The molecule has 1 aliphatic rings. The molecule has 1 unspecified atom stereocenters. The summed E-state index contributed by atoms with van der Waals surface area (Å²) in [5.74, 6) is 0. The first-order chi connectivity index (χ1) is 7.68. The first kappa shape index (κ1) is 11.2. The molecular formula is C14H17NO. The minimum atomic E-state index is -0.985. The Morgan fingerprint density at radius 1 is 1.38 bits per heavy atom. The second kappa shape index (κ2) is 3.92. The van der Waals surface area contributed by atoms with Gasteiger partial charge in [0.2, 0.25) is 0 Å². The number of aliphatic hydroxyl groups is 1. The first-order valence-electron chi connectivity index (χ1n) is 5.88. The molecule has 1 aromatic rings. The van der Waals surface area contributed by atoms with E-state index in [-0.39, 0.29) is 0 Å². The Hall–Kier alpha value is -1.33. The molecule has 16 heavy (non-hydrogen) atoms. The zero-order valence-electron chi connectivity index (χ0n) is 9.61. The van der Waals surface area contributed by atoms with Gasteiger partial charge in [-0.1, -0.05) is 43.7 Å². The van der Waals surface area contributed by atoms with Crippen molar-refractivity contribution in [3.63, 3.8) is 0 Å². The van der Waals surface area contributed by atoms with Gasteiger partial charge in [0.1, 0.15) is 5.60 Å². The summed E-state index contributed by atoms with van der Waals surface area (Å²) in [6.07, 6.45) is 3.25. The summed E-state index contributed by atoms with van der Waals surface area (Å²) in [7, 11) is 0. The number of rotatable bonds is 3. The van der Waals surface area contributed by atoms with Crippen molar-refractivity contribution >= 4 is 0 Å². The minimum absolute atomic E-state index is 0.566. The van der Waals surface area contributed by atoms with Crippen molar-refractivity contribution in [3.05, 3.63) is 35.9 Å². The van der Waals surface area contributed by atoms with E-state index >= 15 is 0 Å². The molecule has 2 heteroatoms. The molecule has 1 N–H and O–H groups in total. The Kier molecular flexibility index (Phi) is 2.73. The molecule has 0 saturated heterocycles. The van der Waals surface area contributed by atoms with Crippen LogP contribution in [0.2, 0.25) is 0 Å². The van der Waals surface area contributed by atoms with Crippen LogP contribution in [0.15, 0.2) is 30.3 Å². The highest BCUT2D eigenvalue weighted by Crippen LogP contribution is 2.54. The highest BCUT2D eigenvalue weighted by atomic mass is 16.3. The van der Waals surface area contributed by atoms with Crippen molar-refractivity contribution in [1.82, 2.24) is 0 Å². The van der Waals surface area contributed by atoms with Crippen LogP contribution in [0, 0.1) is 16.7 Å². The fourth-order valence-electron chi connectivity index (χ4n) is 2.68. The van der Waals surface area contributed by atoms with Crippen LogP contribution in [0.1, 0.15) is 38.2 Å². The van der Waals surface area contributed by atoms with Gasteiger partial charge >= 0.3 is 0 Å². The van der Waals surface area contributed by atoms with Gasteiger partial charge in [0, 0.05) is 0 Å². The van der Waals surface area contributed by atoms with Crippen molar-refractivity contribution in [1.29, 1.82) is 5.26 Å². The lowest BCUT2D eigenvalue weighted by molar-refractivity contribution is -0.103. The zero-order chi connectivity index (χ0) is 11.6. The molecule has 1 atom stereocenters. The fourth-order valence-corrected chi connectivity index (χ4v) is 2.68. The van der Waals surface area contributed by atoms with Crippen LogP contribution in [-0.4, -0.2) is 5.11 Å². The van der Waals surface area contributed by atoms with Gasteiger partial charge < -0.3 is 5.11 Å². The molecule has 84 valence electrons. The largest absolute Gasteiger partial charge is 0.383 e. The summed E-state index contributed by atoms with van der Waals surface area (Å²) in [6, 6.07) is 12.0. The maximum absolute atomic E-state index is 10.8. The molecule has 0 heterocycles. The van der Waals surface area contributed by atoms with Crippen molar-refractivity contribution < 1.29 is 5.11 Å². The number of benzene rings is 1. The smallest absolute Gasteiger partial charge is 0.108 e. The van der Waals surface area contributed by atoms with E-state index in [0.29, 0.717) is 6.42 Å². The average molecular weight is 215 g/mol. The summed E-state index contributed by atoms with van der Waals surface area (Å²) >= 11 is 0. The Balaban J connectivity index is 2.44. The van der Waals surface area contributed by atoms with Crippen LogP contribution in [0.4, 0.5) is 0 Å². The Labute approximate surface area is 96.5 Å². The van der Waals surface area contributed by atoms with Gasteiger partial charge in [-0.2, -0.15) is 5.26 Å². The topological polar surface area (TPSA) is 44.0 Å². The van der Waals surface area contributed by atoms with E-state index in [4.69, 9.17) is 0 Å². The lowest BCUT2D eigenvalue weighted by Crippen LogP contribution is -2.49. The zero-order valence-corrected chi connectivity index (χ0v) is 9.61. The summed E-state index contributed by atoms with van der Waals surface area (Å²) in [6.45, 7) is 1.95. The third-order valence-corrected chi connectivity index (χ3v) is 3.98. The molecule has 1 aromatic carbocycles. The van der Waals surface area contributed by atoms with Crippen LogP contribution in [0.5, 0.6) is 0 Å². The minimum Gasteiger partial charge on any atom is -0.383 e. The predicted molar refractivity (Wildman–Crippen MR) is 62.5 cm³/mol. The lowest BCUT2D eigenvalue weighted by atomic mass is 9.56. The predicted octanol–water partition coefficient (Wildman–Crippen LogP) is 2.98. The average Bonchev–Trinajstić information content (AvgIpc) is 2.29. The van der Waals surface area contributed by atoms with E-state index in [2.05, 4.69) is 6.07 Å². The van der Waals surface area contributed by atoms with Crippen LogP contribution in [0.3, 0.4) is 0 Å². The molecular weight excluding hydrogens is 198 g/mol. The summed E-state index contributed by atoms with van der Waals surface area (Å²) < 4.78 is 0. The van der Waals surface area contributed by atoms with Gasteiger partial charge in [0.15, 0.2) is 0 Å². The molecule has 0 amide bonds. The molecule has 0 aromatic heterocycles. The summed E-state index contributed by atoms with van der Waals surface area (Å²) in [5.41, 5.74) is -0.677. The van der Waals surface area contributed by atoms with Gasteiger partial charge in [-0.3, -0.25) is 0 Å². The van der Waals surface area contributed by atoms with Gasteiger partial charge in [0.25, 0.3) is 0 Å². The number of nitriles is 1. The van der Waals surface area contributed by atoms with Gasteiger partial charge in [0.05, 0.1) is 11.5 Å². The Bertz CT molecular complexity index is 402. The molecule has 1 saturated carbocycles. The van der Waals surface area contributed by atoms with E-state index in [0.717, 1.165) is 24.8 Å². The molecule has 0 spiro atoms. The first-order valence-corrected chi connectivity index (χ1v) is 5.88. The maximum Gasteiger partial charge on any atom is 0.108 e. The third-order valence-electron chi connectivity index (χ3n) is 3.98. The van der Waals surface area contributed by atoms with Gasteiger partial charge in [-0.15, -0.1) is 0 Å². The van der Waals surface area contributed by atoms with Crippen LogP contribution < -0.4 is 0 Å². The second-order valence-electron chi connectivity index (χ2n) is 4.63. The second-order valence-corrected chi connectivity index (χ2v) is 4.63. The van der Waals surface area contributed by atoms with Crippen LogP contribution >= 0.6 is 0 Å². The quantitative estimate of drug-likeness (QED) is 0.842. The number of nitrogens with zero attached hydrogens (tertiary/aromatic N) is 1. The van der Waals surface area contributed by atoms with Gasteiger partial charge in [-0.05, 0) is 24.8 Å². The number of hydrogen-bond acceptors (Lipinski definition) is 2. The van der Waals surface area contributed by atoms with E-state index in [1.165, 1.54) is 0 Å². The molecule has 0 aliphatic heterocycles. The maximum atomic E-state index is 10.8. The molecule has 0 bridgehead atoms. The van der Waals surface area contributed by atoms with Gasteiger partial charge in [-0.25, -0.2) is 0 Å². The SMILES string of the molecule is CCC(O)(c1ccccc1)C1(C#N)CCC1. The molecule has 2 rings (SSSR count). The summed E-state index contributed by atoms with van der Waals surface area (Å²) in [5, 5.41) is 20.2. The molecule has 1 fully saturated rings. The van der Waals surface area contributed by atoms with E-state index in [9.17, 15) is 10.4 Å². The van der Waals surface area contributed by atoms with E-state index in [1.54, 1.807) is 0 Å². The fraction of sp³-hybridized carbons (Fsp3) is 0.500. The van der Waals surface area contributed by atoms with Crippen LogP contribution in [-0.2, 0) is 5.60 Å². The van der Waals surface area contributed by atoms with Crippen LogP contribution in [0.25, 0.3) is 0 Å². The highest BCUT2D eigenvalue weighted by Gasteiger charge is 2.54. The highest BCUT2D eigenvalue weighted by molar-refractivity contribution is 5.30. The normalized spacial score (nSPS) is 21.6. The van der Waals surface area contributed by atoms with Crippen molar-refractivity contribution in [2.24, 2.45) is 5.41 Å². The standard InChI is InChI=1S/C14H17NO/c1-2-14(16,12-7-4-3-5-8-12)13(11-15)9-6-10-13/h3-5,7-8,16H,2,6,9-10H2,1H3. The van der Waals surface area contributed by atoms with E-state index in [1.807, 2.05) is 37.3 Å². The third kappa shape index (κ3) is 1.36.